The smallest absolute Gasteiger partial charge is 0.395 e. The Bertz CT molecular complexity index is 389. The fourth-order valence-electron chi connectivity index (χ4n) is 3.81. The molecule has 1 aliphatic carbocycles. The standard InChI is InChI=1S/C15H25F3N2O2/c1-19(8-9-21)7-6-14(22)20-12-5-3-2-4-11(12)10-13(20)15(16,17)18/h11-13,21H,2-10H2,1H3/t11-,12-,13-/m0/s1. The van der Waals surface area contributed by atoms with Gasteiger partial charge in [-0.05, 0) is 32.2 Å². The zero-order valence-corrected chi connectivity index (χ0v) is 13.0. The maximum atomic E-state index is 13.3. The Labute approximate surface area is 129 Å². The lowest BCUT2D eigenvalue weighted by atomic mass is 9.84. The highest BCUT2D eigenvalue weighted by Crippen LogP contribution is 2.45. The van der Waals surface area contributed by atoms with Crippen LogP contribution in [0.15, 0.2) is 0 Å². The van der Waals surface area contributed by atoms with Gasteiger partial charge < -0.3 is 14.9 Å². The number of aliphatic hydroxyl groups is 1. The summed E-state index contributed by atoms with van der Waals surface area (Å²) in [6.07, 6.45) is -0.851. The summed E-state index contributed by atoms with van der Waals surface area (Å²) in [5.74, 6) is -0.402. The van der Waals surface area contributed by atoms with Crippen LogP contribution in [-0.4, -0.2) is 65.8 Å². The summed E-state index contributed by atoms with van der Waals surface area (Å²) in [6, 6.07) is -1.85. The molecule has 2 fully saturated rings. The van der Waals surface area contributed by atoms with Gasteiger partial charge in [-0.25, -0.2) is 0 Å². The van der Waals surface area contributed by atoms with Crippen LogP contribution in [0.3, 0.4) is 0 Å². The Morgan fingerprint density at radius 2 is 1.95 bits per heavy atom. The highest BCUT2D eigenvalue weighted by atomic mass is 19.4. The third-order valence-corrected chi connectivity index (χ3v) is 4.94. The molecule has 1 N–H and O–H groups in total. The van der Waals surface area contributed by atoms with E-state index >= 15 is 0 Å². The lowest BCUT2D eigenvalue weighted by Crippen LogP contribution is -2.49. The van der Waals surface area contributed by atoms with Crippen LogP contribution in [0.25, 0.3) is 0 Å². The summed E-state index contributed by atoms with van der Waals surface area (Å²) < 4.78 is 39.9. The van der Waals surface area contributed by atoms with Gasteiger partial charge in [-0.1, -0.05) is 12.8 Å². The van der Waals surface area contributed by atoms with Gasteiger partial charge in [0.1, 0.15) is 6.04 Å². The highest BCUT2D eigenvalue weighted by molar-refractivity contribution is 5.77. The van der Waals surface area contributed by atoms with Gasteiger partial charge >= 0.3 is 6.18 Å². The quantitative estimate of drug-likeness (QED) is 0.842. The highest BCUT2D eigenvalue weighted by Gasteiger charge is 2.55. The van der Waals surface area contributed by atoms with E-state index in [1.54, 1.807) is 11.9 Å². The Kier molecular flexibility index (Phi) is 5.71. The van der Waals surface area contributed by atoms with Crippen LogP contribution in [0.4, 0.5) is 13.2 Å². The second kappa shape index (κ2) is 7.17. The van der Waals surface area contributed by atoms with Gasteiger partial charge in [0.05, 0.1) is 6.61 Å². The van der Waals surface area contributed by atoms with Crippen LogP contribution in [-0.2, 0) is 4.79 Å². The number of nitrogens with zero attached hydrogens (tertiary/aromatic N) is 2. The fraction of sp³-hybridized carbons (Fsp3) is 0.933. The average Bonchev–Trinajstić information content (AvgIpc) is 2.84. The number of fused-ring (bicyclic) bond motifs is 1. The molecule has 1 saturated carbocycles. The maximum Gasteiger partial charge on any atom is 0.408 e. The normalized spacial score (nSPS) is 29.0. The van der Waals surface area contributed by atoms with E-state index in [0.29, 0.717) is 19.5 Å². The van der Waals surface area contributed by atoms with Crippen LogP contribution >= 0.6 is 0 Å². The van der Waals surface area contributed by atoms with Gasteiger partial charge in [0, 0.05) is 25.6 Å². The van der Waals surface area contributed by atoms with Crippen LogP contribution in [0.1, 0.15) is 38.5 Å². The average molecular weight is 322 g/mol. The first-order valence-corrected chi connectivity index (χ1v) is 8.02. The molecule has 4 nitrogen and oxygen atoms in total. The molecule has 128 valence electrons. The van der Waals surface area contributed by atoms with E-state index in [4.69, 9.17) is 5.11 Å². The van der Waals surface area contributed by atoms with Crippen LogP contribution in [0.5, 0.6) is 0 Å². The second-order valence-electron chi connectivity index (χ2n) is 6.48. The van der Waals surface area contributed by atoms with Crippen molar-refractivity contribution in [1.29, 1.82) is 0 Å². The number of alkyl halides is 3. The zero-order chi connectivity index (χ0) is 16.3. The Morgan fingerprint density at radius 1 is 1.27 bits per heavy atom. The van der Waals surface area contributed by atoms with Crippen molar-refractivity contribution in [2.45, 2.75) is 56.8 Å². The molecule has 0 radical (unpaired) electrons. The number of carbonyl (C=O) groups is 1. The Hall–Kier alpha value is -0.820. The van der Waals surface area contributed by atoms with Crippen molar-refractivity contribution in [3.8, 4) is 0 Å². The molecule has 0 spiro atoms. The number of hydrogen-bond donors (Lipinski definition) is 1. The van der Waals surface area contributed by atoms with Crippen molar-refractivity contribution in [1.82, 2.24) is 9.80 Å². The summed E-state index contributed by atoms with van der Waals surface area (Å²) in [6.45, 7) is 0.768. The van der Waals surface area contributed by atoms with E-state index in [2.05, 4.69) is 0 Å². The third-order valence-electron chi connectivity index (χ3n) is 4.94. The summed E-state index contributed by atoms with van der Waals surface area (Å²) in [7, 11) is 1.75. The van der Waals surface area contributed by atoms with Gasteiger partial charge in [0.2, 0.25) is 5.91 Å². The zero-order valence-electron chi connectivity index (χ0n) is 13.0. The molecule has 3 atom stereocenters. The fourth-order valence-corrected chi connectivity index (χ4v) is 3.81. The Balaban J connectivity index is 2.04. The molecule has 7 heteroatoms. The van der Waals surface area contributed by atoms with Gasteiger partial charge in [0.25, 0.3) is 0 Å². The summed E-state index contributed by atoms with van der Waals surface area (Å²) in [4.78, 5) is 15.3. The molecule has 0 bridgehead atoms. The number of amides is 1. The van der Waals surface area contributed by atoms with Gasteiger partial charge in [-0.15, -0.1) is 0 Å². The number of halogens is 3. The lowest BCUT2D eigenvalue weighted by Gasteiger charge is -2.35. The summed E-state index contributed by atoms with van der Waals surface area (Å²) >= 11 is 0. The molecule has 0 aromatic rings. The predicted octanol–water partition coefficient (Wildman–Crippen LogP) is 2.02. The number of hydrogen-bond acceptors (Lipinski definition) is 3. The number of aliphatic hydroxyl groups excluding tert-OH is 1. The number of likely N-dealkylation sites (N-methyl/N-ethyl adjacent to an activating group) is 1. The lowest BCUT2D eigenvalue weighted by molar-refractivity contribution is -0.186. The molecular weight excluding hydrogens is 297 g/mol. The monoisotopic (exact) mass is 322 g/mol. The van der Waals surface area contributed by atoms with E-state index < -0.39 is 18.1 Å². The molecule has 0 aromatic heterocycles. The number of rotatable bonds is 5. The maximum absolute atomic E-state index is 13.3. The number of likely N-dealkylation sites (tertiary alicyclic amines) is 1. The van der Waals surface area contributed by atoms with Crippen molar-refractivity contribution in [3.63, 3.8) is 0 Å². The van der Waals surface area contributed by atoms with Crippen molar-refractivity contribution >= 4 is 5.91 Å². The molecule has 1 amide bonds. The minimum atomic E-state index is -4.34. The van der Waals surface area contributed by atoms with Crippen LogP contribution in [0.2, 0.25) is 0 Å². The Morgan fingerprint density at radius 3 is 2.59 bits per heavy atom. The molecule has 22 heavy (non-hydrogen) atoms. The molecular formula is C15H25F3N2O2. The largest absolute Gasteiger partial charge is 0.408 e. The molecule has 2 rings (SSSR count). The molecule has 1 aliphatic heterocycles. The van der Waals surface area contributed by atoms with E-state index in [-0.39, 0.29) is 31.4 Å². The first-order chi connectivity index (χ1) is 10.3. The minimum Gasteiger partial charge on any atom is -0.395 e. The SMILES string of the molecule is CN(CCO)CCC(=O)N1[C@H](C(F)(F)F)C[C@@H]2CCCC[C@@H]21. The molecule has 1 heterocycles. The third kappa shape index (κ3) is 3.93. The molecule has 2 aliphatic rings. The van der Waals surface area contributed by atoms with Gasteiger partial charge in [-0.3, -0.25) is 4.79 Å². The minimum absolute atomic E-state index is 0.000466. The van der Waals surface area contributed by atoms with Crippen molar-refractivity contribution in [2.75, 3.05) is 26.7 Å². The van der Waals surface area contributed by atoms with Crippen LogP contribution in [0, 0.1) is 5.92 Å². The van der Waals surface area contributed by atoms with Crippen LogP contribution < -0.4 is 0 Å². The van der Waals surface area contributed by atoms with Crippen molar-refractivity contribution < 1.29 is 23.1 Å². The van der Waals surface area contributed by atoms with Crippen molar-refractivity contribution in [3.05, 3.63) is 0 Å². The number of carbonyl (C=O) groups excluding carboxylic acids is 1. The summed E-state index contributed by atoms with van der Waals surface area (Å²) in [5, 5.41) is 8.83. The van der Waals surface area contributed by atoms with E-state index in [9.17, 15) is 18.0 Å². The molecule has 0 aromatic carbocycles. The van der Waals surface area contributed by atoms with E-state index in [1.165, 1.54) is 0 Å². The van der Waals surface area contributed by atoms with Gasteiger partial charge in [-0.2, -0.15) is 13.2 Å². The van der Waals surface area contributed by atoms with Gasteiger partial charge in [0.15, 0.2) is 0 Å². The van der Waals surface area contributed by atoms with E-state index in [1.807, 2.05) is 0 Å². The topological polar surface area (TPSA) is 43.8 Å². The van der Waals surface area contributed by atoms with E-state index in [0.717, 1.165) is 24.2 Å². The molecule has 1 saturated heterocycles. The summed E-state index contributed by atoms with van der Waals surface area (Å²) in [5.41, 5.74) is 0. The molecule has 0 unspecified atom stereocenters. The van der Waals surface area contributed by atoms with Crippen molar-refractivity contribution in [2.24, 2.45) is 5.92 Å². The first kappa shape index (κ1) is 17.5. The first-order valence-electron chi connectivity index (χ1n) is 8.02. The second-order valence-corrected chi connectivity index (χ2v) is 6.48. The predicted molar refractivity (Wildman–Crippen MR) is 76.3 cm³/mol.